The molecule has 0 saturated carbocycles. The van der Waals surface area contributed by atoms with Crippen molar-refractivity contribution < 1.29 is 14.3 Å². The number of ether oxygens (including phenoxy) is 1. The zero-order valence-electron chi connectivity index (χ0n) is 13.6. The van der Waals surface area contributed by atoms with Crippen LogP contribution in [-0.4, -0.2) is 34.8 Å². The minimum absolute atomic E-state index is 0.165. The number of esters is 1. The van der Waals surface area contributed by atoms with Crippen molar-refractivity contribution in [2.45, 2.75) is 25.8 Å². The predicted molar refractivity (Wildman–Crippen MR) is 86.9 cm³/mol. The minimum Gasteiger partial charge on any atom is -0.467 e. The van der Waals surface area contributed by atoms with Crippen LogP contribution in [0, 0.1) is 0 Å². The van der Waals surface area contributed by atoms with Crippen molar-refractivity contribution >= 4 is 17.6 Å². The number of para-hydroxylation sites is 1. The van der Waals surface area contributed by atoms with E-state index in [9.17, 15) is 9.59 Å². The van der Waals surface area contributed by atoms with Gasteiger partial charge in [0.05, 0.1) is 19.7 Å². The Morgan fingerprint density at radius 2 is 2.00 bits per heavy atom. The van der Waals surface area contributed by atoms with Gasteiger partial charge in [-0.2, -0.15) is 5.10 Å². The highest BCUT2D eigenvalue weighted by Gasteiger charge is 2.30. The summed E-state index contributed by atoms with van der Waals surface area (Å²) in [5, 5.41) is 4.07. The van der Waals surface area contributed by atoms with E-state index in [2.05, 4.69) is 5.10 Å². The fraction of sp³-hybridized carbons (Fsp3) is 0.353. The third kappa shape index (κ3) is 3.97. The average molecular weight is 315 g/mol. The van der Waals surface area contributed by atoms with E-state index in [0.29, 0.717) is 12.1 Å². The first-order chi connectivity index (χ1) is 11.1. The zero-order valence-corrected chi connectivity index (χ0v) is 13.6. The summed E-state index contributed by atoms with van der Waals surface area (Å²) in [6.45, 7) is 1.86. The standard InChI is InChI=1S/C17H21N3O3/c1-4-15(17(22)23-3)20(14-8-6-5-7-9-14)16(21)10-13-11-18-19(2)12-13/h5-9,11-12,15H,4,10H2,1-3H3. The Bertz CT molecular complexity index is 667. The maximum Gasteiger partial charge on any atom is 0.328 e. The fourth-order valence-corrected chi connectivity index (χ4v) is 2.50. The van der Waals surface area contributed by atoms with Gasteiger partial charge in [-0.1, -0.05) is 25.1 Å². The molecule has 0 fully saturated rings. The highest BCUT2D eigenvalue weighted by atomic mass is 16.5. The van der Waals surface area contributed by atoms with Crippen molar-refractivity contribution in [2.24, 2.45) is 7.05 Å². The van der Waals surface area contributed by atoms with Crippen molar-refractivity contribution in [1.82, 2.24) is 9.78 Å². The lowest BCUT2D eigenvalue weighted by Crippen LogP contribution is -2.46. The number of hydrogen-bond donors (Lipinski definition) is 0. The second-order valence-corrected chi connectivity index (χ2v) is 5.25. The Morgan fingerprint density at radius 3 is 2.52 bits per heavy atom. The van der Waals surface area contributed by atoms with Crippen LogP contribution in [0.3, 0.4) is 0 Å². The third-order valence-electron chi connectivity index (χ3n) is 3.59. The lowest BCUT2D eigenvalue weighted by Gasteiger charge is -2.29. The molecule has 0 aliphatic carbocycles. The van der Waals surface area contributed by atoms with Crippen LogP contribution in [0.4, 0.5) is 5.69 Å². The molecule has 1 amide bonds. The van der Waals surface area contributed by atoms with E-state index in [1.165, 1.54) is 12.0 Å². The van der Waals surface area contributed by atoms with Gasteiger partial charge >= 0.3 is 5.97 Å². The Balaban J connectivity index is 2.32. The molecule has 1 unspecified atom stereocenters. The number of carbonyl (C=O) groups is 2. The van der Waals surface area contributed by atoms with Crippen LogP contribution in [0.1, 0.15) is 18.9 Å². The van der Waals surface area contributed by atoms with Gasteiger partial charge in [0.25, 0.3) is 0 Å². The molecule has 122 valence electrons. The summed E-state index contributed by atoms with van der Waals surface area (Å²) in [5.74, 6) is -0.586. The van der Waals surface area contributed by atoms with Gasteiger partial charge in [0.15, 0.2) is 0 Å². The van der Waals surface area contributed by atoms with Crippen LogP contribution < -0.4 is 4.90 Å². The van der Waals surface area contributed by atoms with Gasteiger partial charge in [0.2, 0.25) is 5.91 Å². The molecule has 0 bridgehead atoms. The number of hydrogen-bond acceptors (Lipinski definition) is 4. The summed E-state index contributed by atoms with van der Waals surface area (Å²) in [7, 11) is 3.13. The molecule has 0 aliphatic rings. The largest absolute Gasteiger partial charge is 0.467 e. The zero-order chi connectivity index (χ0) is 16.8. The van der Waals surface area contributed by atoms with Crippen LogP contribution in [-0.2, 0) is 27.8 Å². The quantitative estimate of drug-likeness (QED) is 0.764. The maximum absolute atomic E-state index is 12.8. The Morgan fingerprint density at radius 1 is 1.30 bits per heavy atom. The number of benzene rings is 1. The molecule has 0 saturated heterocycles. The first kappa shape index (κ1) is 16.7. The third-order valence-corrected chi connectivity index (χ3v) is 3.59. The number of carbonyl (C=O) groups excluding carboxylic acids is 2. The number of aryl methyl sites for hydroxylation is 1. The number of nitrogens with zero attached hydrogens (tertiary/aromatic N) is 3. The maximum atomic E-state index is 12.8. The van der Waals surface area contributed by atoms with Crippen LogP contribution in [0.15, 0.2) is 42.7 Å². The smallest absolute Gasteiger partial charge is 0.328 e. The van der Waals surface area contributed by atoms with E-state index >= 15 is 0 Å². The fourth-order valence-electron chi connectivity index (χ4n) is 2.50. The van der Waals surface area contributed by atoms with Gasteiger partial charge in [-0.3, -0.25) is 14.4 Å². The molecule has 2 aromatic rings. The number of aromatic nitrogens is 2. The predicted octanol–water partition coefficient (Wildman–Crippen LogP) is 1.95. The van der Waals surface area contributed by atoms with E-state index < -0.39 is 12.0 Å². The second-order valence-electron chi connectivity index (χ2n) is 5.25. The molecule has 1 aromatic heterocycles. The highest BCUT2D eigenvalue weighted by Crippen LogP contribution is 2.21. The molecule has 0 N–H and O–H groups in total. The molecule has 1 aromatic carbocycles. The van der Waals surface area contributed by atoms with Crippen LogP contribution >= 0.6 is 0 Å². The van der Waals surface area contributed by atoms with Gasteiger partial charge in [0, 0.05) is 18.9 Å². The first-order valence-corrected chi connectivity index (χ1v) is 7.49. The Labute approximate surface area is 135 Å². The van der Waals surface area contributed by atoms with Crippen molar-refractivity contribution in [3.63, 3.8) is 0 Å². The lowest BCUT2D eigenvalue weighted by molar-refractivity contribution is -0.143. The molecule has 1 heterocycles. The van der Waals surface area contributed by atoms with Gasteiger partial charge in [-0.15, -0.1) is 0 Å². The monoisotopic (exact) mass is 315 g/mol. The number of rotatable bonds is 6. The summed E-state index contributed by atoms with van der Waals surface area (Å²) in [6, 6.07) is 8.52. The van der Waals surface area contributed by atoms with Gasteiger partial charge in [-0.25, -0.2) is 4.79 Å². The molecule has 23 heavy (non-hydrogen) atoms. The molecule has 0 radical (unpaired) electrons. The second kappa shape index (κ2) is 7.58. The van der Waals surface area contributed by atoms with E-state index in [4.69, 9.17) is 4.74 Å². The van der Waals surface area contributed by atoms with Crippen LogP contribution in [0.2, 0.25) is 0 Å². The highest BCUT2D eigenvalue weighted by molar-refractivity contribution is 6.00. The summed E-state index contributed by atoms with van der Waals surface area (Å²) >= 11 is 0. The van der Waals surface area contributed by atoms with E-state index in [1.807, 2.05) is 37.3 Å². The molecular formula is C17H21N3O3. The average Bonchev–Trinajstić information content (AvgIpc) is 2.97. The SMILES string of the molecule is CCC(C(=O)OC)N(C(=O)Cc1cnn(C)c1)c1ccccc1. The van der Waals surface area contributed by atoms with Crippen molar-refractivity contribution in [3.05, 3.63) is 48.3 Å². The number of methoxy groups -OCH3 is 1. The summed E-state index contributed by atoms with van der Waals surface area (Å²) in [4.78, 5) is 26.4. The van der Waals surface area contributed by atoms with Gasteiger partial charge in [-0.05, 0) is 24.1 Å². The summed E-state index contributed by atoms with van der Waals surface area (Å²) in [6.07, 6.45) is 4.09. The van der Waals surface area contributed by atoms with Gasteiger partial charge < -0.3 is 4.74 Å². The first-order valence-electron chi connectivity index (χ1n) is 7.49. The molecule has 0 aliphatic heterocycles. The topological polar surface area (TPSA) is 64.4 Å². The van der Waals surface area contributed by atoms with Crippen molar-refractivity contribution in [2.75, 3.05) is 12.0 Å². The normalized spacial score (nSPS) is 11.8. The molecule has 0 spiro atoms. The van der Waals surface area contributed by atoms with E-state index in [-0.39, 0.29) is 12.3 Å². The molecular weight excluding hydrogens is 294 g/mol. The molecule has 1 atom stereocenters. The molecule has 6 nitrogen and oxygen atoms in total. The van der Waals surface area contributed by atoms with E-state index in [0.717, 1.165) is 5.56 Å². The Hall–Kier alpha value is -2.63. The van der Waals surface area contributed by atoms with E-state index in [1.54, 1.807) is 24.1 Å². The Kier molecular flexibility index (Phi) is 5.51. The molecule has 6 heteroatoms. The van der Waals surface area contributed by atoms with Crippen LogP contribution in [0.5, 0.6) is 0 Å². The summed E-state index contributed by atoms with van der Waals surface area (Å²) in [5.41, 5.74) is 1.48. The molecule has 2 rings (SSSR count). The lowest BCUT2D eigenvalue weighted by atomic mass is 10.1. The van der Waals surface area contributed by atoms with Crippen molar-refractivity contribution in [1.29, 1.82) is 0 Å². The number of amides is 1. The minimum atomic E-state index is -0.647. The number of anilines is 1. The van der Waals surface area contributed by atoms with Crippen molar-refractivity contribution in [3.8, 4) is 0 Å². The summed E-state index contributed by atoms with van der Waals surface area (Å²) < 4.78 is 6.51. The van der Waals surface area contributed by atoms with Crippen LogP contribution in [0.25, 0.3) is 0 Å². The van der Waals surface area contributed by atoms with Gasteiger partial charge in [0.1, 0.15) is 6.04 Å².